The zero-order chi connectivity index (χ0) is 20.3. The van der Waals surface area contributed by atoms with Gasteiger partial charge in [-0.3, -0.25) is 14.3 Å². The van der Waals surface area contributed by atoms with Gasteiger partial charge in [0, 0.05) is 13.2 Å². The summed E-state index contributed by atoms with van der Waals surface area (Å²) in [6.07, 6.45) is 2.95. The first kappa shape index (κ1) is 18.8. The molecule has 146 valence electrons. The number of aryl methyl sites for hydroxylation is 2. The molecule has 0 fully saturated rings. The Morgan fingerprint density at radius 1 is 1.36 bits per heavy atom. The summed E-state index contributed by atoms with van der Waals surface area (Å²) in [4.78, 5) is 35.1. The number of carbonyl (C=O) groups excluding carboxylic acids is 2. The van der Waals surface area contributed by atoms with Gasteiger partial charge in [0.15, 0.2) is 12.2 Å². The lowest BCUT2D eigenvalue weighted by atomic mass is 10.3. The van der Waals surface area contributed by atoms with Gasteiger partial charge < -0.3 is 25.2 Å². The SMILES string of the molecule is Cc1cc([N+](=O)[O-])n(CC(=O)Nc2cn(C)nc2C(=O)NCc2ccco2)n1. The summed E-state index contributed by atoms with van der Waals surface area (Å²) in [5.41, 5.74) is 0.600. The highest BCUT2D eigenvalue weighted by Crippen LogP contribution is 2.16. The van der Waals surface area contributed by atoms with Crippen LogP contribution in [0.1, 0.15) is 21.9 Å². The predicted molar refractivity (Wildman–Crippen MR) is 95.3 cm³/mol. The van der Waals surface area contributed by atoms with E-state index in [4.69, 9.17) is 4.42 Å². The van der Waals surface area contributed by atoms with Crippen molar-refractivity contribution in [2.24, 2.45) is 7.05 Å². The molecule has 0 spiro atoms. The molecule has 0 aromatic carbocycles. The summed E-state index contributed by atoms with van der Waals surface area (Å²) < 4.78 is 7.50. The highest BCUT2D eigenvalue weighted by atomic mass is 16.6. The van der Waals surface area contributed by atoms with Gasteiger partial charge in [-0.15, -0.1) is 4.68 Å². The molecule has 0 unspecified atom stereocenters. The third-order valence-electron chi connectivity index (χ3n) is 3.68. The number of aromatic nitrogens is 4. The average molecular weight is 387 g/mol. The Labute approximate surface area is 158 Å². The predicted octanol–water partition coefficient (Wildman–Crippen LogP) is 0.995. The fourth-order valence-corrected chi connectivity index (χ4v) is 2.53. The Bertz CT molecular complexity index is 1020. The molecule has 0 saturated heterocycles. The van der Waals surface area contributed by atoms with E-state index >= 15 is 0 Å². The molecule has 3 aromatic heterocycles. The van der Waals surface area contributed by atoms with Gasteiger partial charge >= 0.3 is 5.82 Å². The minimum atomic E-state index is -0.620. The quantitative estimate of drug-likeness (QED) is 0.453. The van der Waals surface area contributed by atoms with Crippen LogP contribution < -0.4 is 10.6 Å². The van der Waals surface area contributed by atoms with Crippen LogP contribution in [-0.2, 0) is 24.9 Å². The molecule has 12 heteroatoms. The van der Waals surface area contributed by atoms with Gasteiger partial charge in [0.2, 0.25) is 0 Å². The molecule has 3 heterocycles. The normalized spacial score (nSPS) is 10.6. The maximum Gasteiger partial charge on any atom is 0.345 e. The molecule has 0 bridgehead atoms. The van der Waals surface area contributed by atoms with Crippen molar-refractivity contribution in [1.82, 2.24) is 24.9 Å². The lowest BCUT2D eigenvalue weighted by Crippen LogP contribution is -2.26. The number of rotatable bonds is 7. The van der Waals surface area contributed by atoms with E-state index in [-0.39, 0.29) is 30.3 Å². The zero-order valence-corrected chi connectivity index (χ0v) is 15.1. The van der Waals surface area contributed by atoms with Crippen molar-refractivity contribution in [2.75, 3.05) is 5.32 Å². The van der Waals surface area contributed by atoms with Crippen LogP contribution in [-0.4, -0.2) is 36.3 Å². The van der Waals surface area contributed by atoms with Crippen LogP contribution in [0.4, 0.5) is 11.5 Å². The maximum atomic E-state index is 12.4. The second-order valence-electron chi connectivity index (χ2n) is 5.93. The minimum Gasteiger partial charge on any atom is -0.467 e. The molecule has 0 aliphatic carbocycles. The van der Waals surface area contributed by atoms with Crippen LogP contribution in [0.25, 0.3) is 0 Å². The third-order valence-corrected chi connectivity index (χ3v) is 3.68. The molecular weight excluding hydrogens is 370 g/mol. The van der Waals surface area contributed by atoms with E-state index in [0.29, 0.717) is 11.5 Å². The number of nitrogens with zero attached hydrogens (tertiary/aromatic N) is 5. The number of nitro groups is 1. The Balaban J connectivity index is 1.69. The van der Waals surface area contributed by atoms with Crippen molar-refractivity contribution >= 4 is 23.3 Å². The highest BCUT2D eigenvalue weighted by molar-refractivity contribution is 6.02. The van der Waals surface area contributed by atoms with Gasteiger partial charge in [-0.1, -0.05) is 5.10 Å². The van der Waals surface area contributed by atoms with Crippen molar-refractivity contribution in [3.8, 4) is 0 Å². The topological polar surface area (TPSA) is 150 Å². The monoisotopic (exact) mass is 387 g/mol. The number of furan rings is 1. The maximum absolute atomic E-state index is 12.4. The van der Waals surface area contributed by atoms with Gasteiger partial charge in [-0.05, 0) is 24.0 Å². The average Bonchev–Trinajstić information content (AvgIpc) is 3.33. The molecular formula is C16H17N7O5. The highest BCUT2D eigenvalue weighted by Gasteiger charge is 2.22. The van der Waals surface area contributed by atoms with E-state index in [0.717, 1.165) is 4.68 Å². The van der Waals surface area contributed by atoms with Crippen molar-refractivity contribution in [1.29, 1.82) is 0 Å². The van der Waals surface area contributed by atoms with Crippen molar-refractivity contribution in [2.45, 2.75) is 20.0 Å². The molecule has 28 heavy (non-hydrogen) atoms. The molecule has 3 aromatic rings. The van der Waals surface area contributed by atoms with Crippen LogP contribution in [0.2, 0.25) is 0 Å². The van der Waals surface area contributed by atoms with Gasteiger partial charge in [0.05, 0.1) is 30.3 Å². The molecule has 0 aliphatic rings. The van der Waals surface area contributed by atoms with E-state index in [1.807, 2.05) is 0 Å². The van der Waals surface area contributed by atoms with Crippen molar-refractivity contribution in [3.63, 3.8) is 0 Å². The summed E-state index contributed by atoms with van der Waals surface area (Å²) in [6, 6.07) is 4.68. The Kier molecular flexibility index (Phi) is 5.20. The zero-order valence-electron chi connectivity index (χ0n) is 15.1. The van der Waals surface area contributed by atoms with E-state index < -0.39 is 16.7 Å². The van der Waals surface area contributed by atoms with Gasteiger partial charge in [-0.2, -0.15) is 5.10 Å². The summed E-state index contributed by atoms with van der Waals surface area (Å²) in [7, 11) is 1.60. The minimum absolute atomic E-state index is 0.00792. The van der Waals surface area contributed by atoms with Crippen LogP contribution in [0.5, 0.6) is 0 Å². The molecule has 12 nitrogen and oxygen atoms in total. The summed E-state index contributed by atoms with van der Waals surface area (Å²) in [6.45, 7) is 1.37. The molecule has 0 atom stereocenters. The van der Waals surface area contributed by atoms with Crippen molar-refractivity contribution < 1.29 is 18.9 Å². The first-order valence-corrected chi connectivity index (χ1v) is 8.16. The molecule has 3 rings (SSSR count). The summed E-state index contributed by atoms with van der Waals surface area (Å²) in [5.74, 6) is -0.820. The van der Waals surface area contributed by atoms with E-state index in [1.54, 1.807) is 26.1 Å². The lowest BCUT2D eigenvalue weighted by Gasteiger charge is -2.05. The van der Waals surface area contributed by atoms with Crippen LogP contribution in [0, 0.1) is 17.0 Å². The first-order chi connectivity index (χ1) is 13.3. The number of hydrogen-bond donors (Lipinski definition) is 2. The van der Waals surface area contributed by atoms with Gasteiger partial charge in [-0.25, -0.2) is 0 Å². The smallest absolute Gasteiger partial charge is 0.345 e. The number of anilines is 1. The molecule has 2 N–H and O–H groups in total. The largest absolute Gasteiger partial charge is 0.467 e. The van der Waals surface area contributed by atoms with Gasteiger partial charge in [0.1, 0.15) is 5.76 Å². The second kappa shape index (κ2) is 7.73. The fraction of sp³-hybridized carbons (Fsp3) is 0.250. The number of hydrogen-bond acceptors (Lipinski definition) is 7. The van der Waals surface area contributed by atoms with E-state index in [1.165, 1.54) is 23.2 Å². The summed E-state index contributed by atoms with van der Waals surface area (Å²) >= 11 is 0. The fourth-order valence-electron chi connectivity index (χ4n) is 2.53. The van der Waals surface area contributed by atoms with E-state index in [2.05, 4.69) is 20.8 Å². The number of carbonyl (C=O) groups is 2. The van der Waals surface area contributed by atoms with Crippen LogP contribution in [0.15, 0.2) is 35.1 Å². The Hall–Kier alpha value is -3.96. The number of amides is 2. The van der Waals surface area contributed by atoms with Crippen LogP contribution in [0.3, 0.4) is 0 Å². The Morgan fingerprint density at radius 3 is 2.82 bits per heavy atom. The summed E-state index contributed by atoms with van der Waals surface area (Å²) in [5, 5.41) is 24.2. The third kappa shape index (κ3) is 4.23. The lowest BCUT2D eigenvalue weighted by molar-refractivity contribution is -0.392. The molecule has 0 aliphatic heterocycles. The van der Waals surface area contributed by atoms with Gasteiger partial charge in [0.25, 0.3) is 11.8 Å². The number of nitrogens with one attached hydrogen (secondary N) is 2. The molecule has 2 amide bonds. The molecule has 0 radical (unpaired) electrons. The standard InChI is InChI=1S/C16H17N7O5/c1-10-6-14(23(26)27)22(19-10)9-13(24)18-12-8-21(2)20-15(12)16(25)17-7-11-4-3-5-28-11/h3-6,8H,7,9H2,1-2H3,(H,17,25)(H,18,24). The van der Waals surface area contributed by atoms with Crippen LogP contribution >= 0.6 is 0 Å². The second-order valence-corrected chi connectivity index (χ2v) is 5.93. The first-order valence-electron chi connectivity index (χ1n) is 8.16. The Morgan fingerprint density at radius 2 is 2.14 bits per heavy atom. The van der Waals surface area contributed by atoms with E-state index in [9.17, 15) is 19.7 Å². The van der Waals surface area contributed by atoms with Crippen molar-refractivity contribution in [3.05, 3.63) is 57.9 Å². The molecule has 0 saturated carbocycles.